The first kappa shape index (κ1) is 17.5. The van der Waals surface area contributed by atoms with Gasteiger partial charge in [0, 0.05) is 37.3 Å². The lowest BCUT2D eigenvalue weighted by Gasteiger charge is -2.26. The highest BCUT2D eigenvalue weighted by atomic mass is 79.9. The van der Waals surface area contributed by atoms with Crippen LogP contribution >= 0.6 is 27.3 Å². The molecule has 0 N–H and O–H groups in total. The van der Waals surface area contributed by atoms with Crippen molar-refractivity contribution in [2.75, 3.05) is 32.1 Å². The van der Waals surface area contributed by atoms with Crippen LogP contribution in [0.5, 0.6) is 0 Å². The summed E-state index contributed by atoms with van der Waals surface area (Å²) in [6, 6.07) is 10.1. The zero-order valence-corrected chi connectivity index (χ0v) is 17.3. The molecule has 0 spiro atoms. The topological polar surface area (TPSA) is 41.4 Å². The van der Waals surface area contributed by atoms with E-state index in [2.05, 4.69) is 32.6 Å². The van der Waals surface area contributed by atoms with Crippen LogP contribution in [-0.4, -0.2) is 47.5 Å². The number of imidazole rings is 1. The van der Waals surface area contributed by atoms with Crippen LogP contribution in [0.15, 0.2) is 34.8 Å². The average Bonchev–Trinajstić information content (AvgIpc) is 3.21. The number of halogens is 1. The van der Waals surface area contributed by atoms with Gasteiger partial charge in [-0.15, -0.1) is 11.3 Å². The Morgan fingerprint density at radius 3 is 2.50 bits per heavy atom. The smallest absolute Gasteiger partial charge is 0.264 e. The van der Waals surface area contributed by atoms with Gasteiger partial charge in [-0.1, -0.05) is 15.9 Å². The van der Waals surface area contributed by atoms with Crippen molar-refractivity contribution in [3.05, 3.63) is 39.7 Å². The highest BCUT2D eigenvalue weighted by Gasteiger charge is 2.23. The molecule has 0 aliphatic carbocycles. The molecule has 0 saturated carbocycles. The number of benzene rings is 1. The second-order valence-electron chi connectivity index (χ2n) is 6.77. The van der Waals surface area contributed by atoms with Crippen molar-refractivity contribution in [1.82, 2.24) is 14.5 Å². The summed E-state index contributed by atoms with van der Waals surface area (Å²) in [5.41, 5.74) is 1.92. The summed E-state index contributed by atoms with van der Waals surface area (Å²) in [5.74, 6) is 1.01. The van der Waals surface area contributed by atoms with Gasteiger partial charge in [-0.3, -0.25) is 9.36 Å². The number of piperidine rings is 1. The Balaban J connectivity index is 1.78. The van der Waals surface area contributed by atoms with E-state index in [-0.39, 0.29) is 5.91 Å². The summed E-state index contributed by atoms with van der Waals surface area (Å²) in [5, 5.41) is 0. The number of carbonyl (C=O) groups is 1. The van der Waals surface area contributed by atoms with E-state index >= 15 is 0 Å². The molecule has 0 atom stereocenters. The lowest BCUT2D eigenvalue weighted by Crippen LogP contribution is -2.35. The zero-order valence-electron chi connectivity index (χ0n) is 14.9. The first-order valence-corrected chi connectivity index (χ1v) is 10.4. The van der Waals surface area contributed by atoms with Crippen LogP contribution in [0.25, 0.3) is 16.0 Å². The number of rotatable bonds is 3. The summed E-state index contributed by atoms with van der Waals surface area (Å²) in [6.07, 6.45) is 3.42. The standard InChI is InChI=1S/C19H21BrN4OS/c1-22(2)19-21-15-12-16(17(25)23-10-4-3-5-11-23)26-18(15)24(19)14-8-6-13(20)7-9-14/h6-9,12H,3-5,10-11H2,1-2H3. The summed E-state index contributed by atoms with van der Waals surface area (Å²) >= 11 is 5.02. The lowest BCUT2D eigenvalue weighted by molar-refractivity contribution is 0.0729. The van der Waals surface area contributed by atoms with Crippen molar-refractivity contribution in [2.24, 2.45) is 0 Å². The zero-order chi connectivity index (χ0) is 18.3. The molecule has 1 saturated heterocycles. The van der Waals surface area contributed by atoms with Gasteiger partial charge in [-0.25, -0.2) is 4.98 Å². The first-order chi connectivity index (χ1) is 12.5. The van der Waals surface area contributed by atoms with Crippen LogP contribution in [0.1, 0.15) is 28.9 Å². The number of hydrogen-bond donors (Lipinski definition) is 0. The van der Waals surface area contributed by atoms with Crippen LogP contribution in [0.2, 0.25) is 0 Å². The van der Waals surface area contributed by atoms with Crippen LogP contribution in [0.3, 0.4) is 0 Å². The molecule has 3 aromatic rings. The van der Waals surface area contributed by atoms with Gasteiger partial charge in [0.05, 0.1) is 4.88 Å². The van der Waals surface area contributed by atoms with E-state index < -0.39 is 0 Å². The highest BCUT2D eigenvalue weighted by Crippen LogP contribution is 2.33. The van der Waals surface area contributed by atoms with Crippen molar-refractivity contribution in [2.45, 2.75) is 19.3 Å². The lowest BCUT2D eigenvalue weighted by atomic mass is 10.1. The molecule has 0 bridgehead atoms. The molecule has 1 aliphatic rings. The Morgan fingerprint density at radius 2 is 1.85 bits per heavy atom. The van der Waals surface area contributed by atoms with E-state index in [1.54, 1.807) is 0 Å². The largest absolute Gasteiger partial charge is 0.348 e. The molecule has 136 valence electrons. The number of nitrogens with zero attached hydrogens (tertiary/aromatic N) is 4. The van der Waals surface area contributed by atoms with Gasteiger partial charge in [0.15, 0.2) is 0 Å². The molecule has 0 unspecified atom stereocenters. The number of aromatic nitrogens is 2. The Bertz CT molecular complexity index is 939. The number of fused-ring (bicyclic) bond motifs is 1. The van der Waals surface area contributed by atoms with E-state index in [9.17, 15) is 4.79 Å². The molecule has 4 rings (SSSR count). The van der Waals surface area contributed by atoms with Gasteiger partial charge < -0.3 is 9.80 Å². The Labute approximate surface area is 165 Å². The third kappa shape index (κ3) is 3.14. The van der Waals surface area contributed by atoms with Gasteiger partial charge in [0.1, 0.15) is 10.3 Å². The summed E-state index contributed by atoms with van der Waals surface area (Å²) in [4.78, 5) is 23.4. The number of thiophene rings is 1. The van der Waals surface area contributed by atoms with E-state index in [4.69, 9.17) is 4.98 Å². The average molecular weight is 433 g/mol. The predicted octanol–water partition coefficient (Wildman–Crippen LogP) is 4.54. The van der Waals surface area contributed by atoms with Crippen molar-refractivity contribution in [3.8, 4) is 5.69 Å². The van der Waals surface area contributed by atoms with Crippen LogP contribution < -0.4 is 4.90 Å². The Hall–Kier alpha value is -1.86. The van der Waals surface area contributed by atoms with Gasteiger partial charge in [-0.2, -0.15) is 0 Å². The van der Waals surface area contributed by atoms with Crippen molar-refractivity contribution < 1.29 is 4.79 Å². The molecule has 7 heteroatoms. The fraction of sp³-hybridized carbons (Fsp3) is 0.368. The van der Waals surface area contributed by atoms with E-state index in [0.717, 1.165) is 57.3 Å². The number of amides is 1. The normalized spacial score (nSPS) is 14.8. The number of carbonyl (C=O) groups excluding carboxylic acids is 1. The molecule has 26 heavy (non-hydrogen) atoms. The first-order valence-electron chi connectivity index (χ1n) is 8.79. The second kappa shape index (κ2) is 7.04. The molecule has 5 nitrogen and oxygen atoms in total. The fourth-order valence-electron chi connectivity index (χ4n) is 3.34. The predicted molar refractivity (Wildman–Crippen MR) is 111 cm³/mol. The number of anilines is 1. The molecular formula is C19H21BrN4OS. The van der Waals surface area contributed by atoms with Crippen LogP contribution in [0, 0.1) is 0 Å². The van der Waals surface area contributed by atoms with Crippen LogP contribution in [-0.2, 0) is 0 Å². The number of likely N-dealkylation sites (tertiary alicyclic amines) is 1. The summed E-state index contributed by atoms with van der Waals surface area (Å²) in [7, 11) is 3.97. The molecule has 2 aromatic heterocycles. The van der Waals surface area contributed by atoms with E-state index in [1.165, 1.54) is 17.8 Å². The Morgan fingerprint density at radius 1 is 1.15 bits per heavy atom. The van der Waals surface area contributed by atoms with Gasteiger partial charge in [-0.05, 0) is 49.6 Å². The maximum Gasteiger partial charge on any atom is 0.264 e. The van der Waals surface area contributed by atoms with Gasteiger partial charge in [0.2, 0.25) is 5.95 Å². The summed E-state index contributed by atoms with van der Waals surface area (Å²) < 4.78 is 3.16. The fourth-order valence-corrected chi connectivity index (χ4v) is 4.69. The molecular weight excluding hydrogens is 412 g/mol. The third-order valence-electron chi connectivity index (χ3n) is 4.66. The quantitative estimate of drug-likeness (QED) is 0.609. The summed E-state index contributed by atoms with van der Waals surface area (Å²) in [6.45, 7) is 1.73. The van der Waals surface area contributed by atoms with Crippen LogP contribution in [0.4, 0.5) is 5.95 Å². The molecule has 3 heterocycles. The molecule has 1 fully saturated rings. The maximum atomic E-state index is 12.9. The van der Waals surface area contributed by atoms with E-state index in [0.29, 0.717) is 0 Å². The molecule has 1 amide bonds. The highest BCUT2D eigenvalue weighted by molar-refractivity contribution is 9.10. The van der Waals surface area contributed by atoms with E-state index in [1.807, 2.05) is 42.1 Å². The minimum Gasteiger partial charge on any atom is -0.348 e. The van der Waals surface area contributed by atoms with Crippen molar-refractivity contribution in [1.29, 1.82) is 0 Å². The molecule has 1 aromatic carbocycles. The SMILES string of the molecule is CN(C)c1nc2cc(C(=O)N3CCCCC3)sc2n1-c1ccc(Br)cc1. The second-order valence-corrected chi connectivity index (χ2v) is 8.72. The molecule has 0 radical (unpaired) electrons. The van der Waals surface area contributed by atoms with Gasteiger partial charge >= 0.3 is 0 Å². The van der Waals surface area contributed by atoms with Crippen molar-refractivity contribution in [3.63, 3.8) is 0 Å². The van der Waals surface area contributed by atoms with Crippen molar-refractivity contribution >= 4 is 49.5 Å². The third-order valence-corrected chi connectivity index (χ3v) is 6.28. The van der Waals surface area contributed by atoms with Gasteiger partial charge in [0.25, 0.3) is 5.91 Å². The Kier molecular flexibility index (Phi) is 4.75. The monoisotopic (exact) mass is 432 g/mol. The number of hydrogen-bond acceptors (Lipinski definition) is 4. The molecule has 1 aliphatic heterocycles. The minimum atomic E-state index is 0.140. The maximum absolute atomic E-state index is 12.9. The minimum absolute atomic E-state index is 0.140.